The van der Waals surface area contributed by atoms with E-state index in [1.165, 1.54) is 89.9 Å². The average molecular weight is 581 g/mol. The maximum absolute atomic E-state index is 12.7. The van der Waals surface area contributed by atoms with E-state index >= 15 is 0 Å². The number of carbonyl (C=O) groups excluding carboxylic acids is 2. The molecule has 4 heteroatoms. The summed E-state index contributed by atoms with van der Waals surface area (Å²) >= 11 is 0. The smallest absolute Gasteiger partial charge is 0.309 e. The zero-order chi connectivity index (χ0) is 30.6. The second-order valence-electron chi connectivity index (χ2n) is 13.5. The lowest BCUT2D eigenvalue weighted by Crippen LogP contribution is -2.25. The van der Waals surface area contributed by atoms with E-state index in [-0.39, 0.29) is 17.9 Å². The molecule has 0 aliphatic rings. The topological polar surface area (TPSA) is 52.6 Å². The summed E-state index contributed by atoms with van der Waals surface area (Å²) in [7, 11) is 0. The van der Waals surface area contributed by atoms with Crippen molar-refractivity contribution in [1.82, 2.24) is 0 Å². The summed E-state index contributed by atoms with van der Waals surface area (Å²) in [5.74, 6) is 2.11. The minimum atomic E-state index is -0.00725. The first-order valence-electron chi connectivity index (χ1n) is 18.1. The van der Waals surface area contributed by atoms with Gasteiger partial charge in [0.2, 0.25) is 0 Å². The minimum absolute atomic E-state index is 0.00725. The summed E-state index contributed by atoms with van der Waals surface area (Å²) in [5, 5.41) is 0. The standard InChI is InChI=1S/C37H72O4/c1-7-34(35(8-2)37(39)41-31-25-19-21-27-33(5)6)28-22-16-14-12-10-9-11-13-15-17-23-29-36(38)40-30-24-18-20-26-32(3)4/h32-35H,7-31H2,1-6H3. The predicted octanol–water partition coefficient (Wildman–Crippen LogP) is 11.6. The highest BCUT2D eigenvalue weighted by Crippen LogP contribution is 2.27. The first-order chi connectivity index (χ1) is 19.8. The molecule has 4 nitrogen and oxygen atoms in total. The molecule has 0 aliphatic heterocycles. The van der Waals surface area contributed by atoms with Crippen LogP contribution in [0.4, 0.5) is 0 Å². The van der Waals surface area contributed by atoms with Gasteiger partial charge in [-0.25, -0.2) is 0 Å². The van der Waals surface area contributed by atoms with Crippen molar-refractivity contribution in [3.8, 4) is 0 Å². The van der Waals surface area contributed by atoms with Gasteiger partial charge in [-0.3, -0.25) is 9.59 Å². The van der Waals surface area contributed by atoms with Crippen molar-refractivity contribution in [1.29, 1.82) is 0 Å². The molecule has 41 heavy (non-hydrogen) atoms. The highest BCUT2D eigenvalue weighted by atomic mass is 16.5. The molecule has 2 atom stereocenters. The monoisotopic (exact) mass is 581 g/mol. The third-order valence-electron chi connectivity index (χ3n) is 8.65. The molecule has 0 aliphatic carbocycles. The van der Waals surface area contributed by atoms with Gasteiger partial charge >= 0.3 is 11.9 Å². The van der Waals surface area contributed by atoms with Gasteiger partial charge in [0.25, 0.3) is 0 Å². The molecule has 0 radical (unpaired) electrons. The molecule has 0 saturated carbocycles. The molecule has 0 heterocycles. The van der Waals surface area contributed by atoms with E-state index in [9.17, 15) is 9.59 Å². The Bertz CT molecular complexity index is 585. The Morgan fingerprint density at radius 1 is 0.488 bits per heavy atom. The summed E-state index contributed by atoms with van der Waals surface area (Å²) < 4.78 is 11.0. The van der Waals surface area contributed by atoms with Gasteiger partial charge < -0.3 is 9.47 Å². The third kappa shape index (κ3) is 26.3. The molecular formula is C37H72O4. The van der Waals surface area contributed by atoms with Crippen LogP contribution >= 0.6 is 0 Å². The van der Waals surface area contributed by atoms with Gasteiger partial charge in [-0.1, -0.05) is 151 Å². The van der Waals surface area contributed by atoms with Crippen LogP contribution < -0.4 is 0 Å². The van der Waals surface area contributed by atoms with Crippen LogP contribution in [0.25, 0.3) is 0 Å². The molecule has 244 valence electrons. The highest BCUT2D eigenvalue weighted by molar-refractivity contribution is 5.72. The van der Waals surface area contributed by atoms with Gasteiger partial charge in [-0.2, -0.15) is 0 Å². The molecule has 0 aromatic heterocycles. The summed E-state index contributed by atoms with van der Waals surface area (Å²) in [6, 6.07) is 0. The fourth-order valence-corrected chi connectivity index (χ4v) is 5.85. The van der Waals surface area contributed by atoms with Crippen molar-refractivity contribution < 1.29 is 19.1 Å². The summed E-state index contributed by atoms with van der Waals surface area (Å²) in [6.45, 7) is 14.6. The fraction of sp³-hybridized carbons (Fsp3) is 0.946. The second kappa shape index (κ2) is 29.0. The van der Waals surface area contributed by atoms with Crippen molar-refractivity contribution in [3.05, 3.63) is 0 Å². The number of rotatable bonds is 30. The molecule has 0 saturated heterocycles. The van der Waals surface area contributed by atoms with E-state index in [1.54, 1.807) is 0 Å². The maximum atomic E-state index is 12.7. The molecule has 0 spiro atoms. The largest absolute Gasteiger partial charge is 0.466 e. The molecule has 2 unspecified atom stereocenters. The Morgan fingerprint density at radius 3 is 1.37 bits per heavy atom. The second-order valence-corrected chi connectivity index (χ2v) is 13.5. The first-order valence-corrected chi connectivity index (χ1v) is 18.1. The first kappa shape index (κ1) is 39.9. The van der Waals surface area contributed by atoms with Crippen LogP contribution in [0.1, 0.15) is 189 Å². The van der Waals surface area contributed by atoms with E-state index in [4.69, 9.17) is 9.47 Å². The SMILES string of the molecule is CCC(CCCCCCCCCCCCCC(=O)OCCCCCC(C)C)C(CC)C(=O)OCCCCCC(C)C. The zero-order valence-corrected chi connectivity index (χ0v) is 28.6. The van der Waals surface area contributed by atoms with Gasteiger partial charge in [0.15, 0.2) is 0 Å². The predicted molar refractivity (Wildman–Crippen MR) is 176 cm³/mol. The number of ether oxygens (including phenoxy) is 2. The van der Waals surface area contributed by atoms with Gasteiger partial charge in [0, 0.05) is 6.42 Å². The van der Waals surface area contributed by atoms with E-state index in [1.807, 2.05) is 0 Å². The highest BCUT2D eigenvalue weighted by Gasteiger charge is 2.26. The lowest BCUT2D eigenvalue weighted by molar-refractivity contribution is -0.151. The minimum Gasteiger partial charge on any atom is -0.466 e. The Hall–Kier alpha value is -1.06. The quantitative estimate of drug-likeness (QED) is 0.0626. The lowest BCUT2D eigenvalue weighted by Gasteiger charge is -2.23. The van der Waals surface area contributed by atoms with E-state index in [0.29, 0.717) is 25.6 Å². The molecule has 0 aromatic rings. The fourth-order valence-electron chi connectivity index (χ4n) is 5.85. The normalized spacial score (nSPS) is 13.1. The Kier molecular flexibility index (Phi) is 28.3. The molecular weight excluding hydrogens is 508 g/mol. The van der Waals surface area contributed by atoms with Crippen LogP contribution in [-0.4, -0.2) is 25.2 Å². The summed E-state index contributed by atoms with van der Waals surface area (Å²) in [6.07, 6.45) is 26.9. The average Bonchev–Trinajstić information content (AvgIpc) is 2.93. The van der Waals surface area contributed by atoms with Gasteiger partial charge in [-0.15, -0.1) is 0 Å². The summed E-state index contributed by atoms with van der Waals surface area (Å²) in [5.41, 5.74) is 0. The Labute approximate surface area is 256 Å². The van der Waals surface area contributed by atoms with E-state index < -0.39 is 0 Å². The molecule has 0 aromatic carbocycles. The molecule has 0 amide bonds. The zero-order valence-electron chi connectivity index (χ0n) is 28.6. The van der Waals surface area contributed by atoms with Crippen molar-refractivity contribution in [2.75, 3.05) is 13.2 Å². The van der Waals surface area contributed by atoms with Crippen LogP contribution in [0, 0.1) is 23.7 Å². The van der Waals surface area contributed by atoms with Gasteiger partial charge in [0.05, 0.1) is 19.1 Å². The number of hydrogen-bond donors (Lipinski definition) is 0. The lowest BCUT2D eigenvalue weighted by atomic mass is 9.84. The Morgan fingerprint density at radius 2 is 0.902 bits per heavy atom. The molecule has 0 rings (SSSR count). The van der Waals surface area contributed by atoms with Crippen molar-refractivity contribution in [2.45, 2.75) is 189 Å². The van der Waals surface area contributed by atoms with Crippen molar-refractivity contribution in [2.24, 2.45) is 23.7 Å². The van der Waals surface area contributed by atoms with Crippen LogP contribution in [-0.2, 0) is 19.1 Å². The number of unbranched alkanes of at least 4 members (excludes halogenated alkanes) is 14. The summed E-state index contributed by atoms with van der Waals surface area (Å²) in [4.78, 5) is 24.5. The maximum Gasteiger partial charge on any atom is 0.309 e. The van der Waals surface area contributed by atoms with Crippen LogP contribution in [0.2, 0.25) is 0 Å². The van der Waals surface area contributed by atoms with Gasteiger partial charge in [-0.05, 0) is 49.9 Å². The van der Waals surface area contributed by atoms with Gasteiger partial charge in [0.1, 0.15) is 0 Å². The van der Waals surface area contributed by atoms with Crippen LogP contribution in [0.5, 0.6) is 0 Å². The van der Waals surface area contributed by atoms with E-state index in [0.717, 1.165) is 63.2 Å². The molecule has 0 bridgehead atoms. The number of carbonyl (C=O) groups is 2. The number of hydrogen-bond acceptors (Lipinski definition) is 4. The Balaban J connectivity index is 3.64. The molecule has 0 N–H and O–H groups in total. The van der Waals surface area contributed by atoms with E-state index in [2.05, 4.69) is 41.5 Å². The third-order valence-corrected chi connectivity index (χ3v) is 8.65. The van der Waals surface area contributed by atoms with Crippen LogP contribution in [0.15, 0.2) is 0 Å². The molecule has 0 fully saturated rings. The van der Waals surface area contributed by atoms with Crippen molar-refractivity contribution in [3.63, 3.8) is 0 Å². The van der Waals surface area contributed by atoms with Crippen LogP contribution in [0.3, 0.4) is 0 Å². The number of esters is 2. The van der Waals surface area contributed by atoms with Crippen molar-refractivity contribution >= 4 is 11.9 Å².